The predicted octanol–water partition coefficient (Wildman–Crippen LogP) is 4.45. The number of hydrazine groups is 1. The molecule has 0 radical (unpaired) electrons. The highest BCUT2D eigenvalue weighted by Gasteiger charge is 2.32. The van der Waals surface area contributed by atoms with Crippen molar-refractivity contribution in [2.24, 2.45) is 0 Å². The van der Waals surface area contributed by atoms with Gasteiger partial charge in [0.15, 0.2) is 0 Å². The van der Waals surface area contributed by atoms with Gasteiger partial charge in [-0.1, -0.05) is 30.3 Å². The van der Waals surface area contributed by atoms with Gasteiger partial charge in [-0.05, 0) is 29.8 Å². The molecule has 0 aliphatic rings. The topological polar surface area (TPSA) is 154 Å². The van der Waals surface area contributed by atoms with Crippen molar-refractivity contribution in [3.05, 3.63) is 103 Å². The Morgan fingerprint density at radius 2 is 1.41 bits per heavy atom. The molecule has 32 heavy (non-hydrogen) atoms. The number of rotatable bonds is 9. The van der Waals surface area contributed by atoms with Crippen molar-refractivity contribution in [1.82, 2.24) is 0 Å². The molecule has 0 aliphatic heterocycles. The van der Waals surface area contributed by atoms with Gasteiger partial charge in [-0.25, -0.2) is 0 Å². The molecule has 3 aromatic carbocycles. The Morgan fingerprint density at radius 1 is 0.844 bits per heavy atom. The standard InChI is InChI=1S/C20H17N5O7/c1-32-17-9-7-14(8-10-17)13-22(15-5-3-2-4-6-15)21-20-18(24(28)29)11-16(23(26)27)12-19(20)25(30)31/h2-12,21H,13H2,1H3. The van der Waals surface area contributed by atoms with E-state index in [2.05, 4.69) is 5.43 Å². The van der Waals surface area contributed by atoms with E-state index in [9.17, 15) is 30.3 Å². The van der Waals surface area contributed by atoms with Crippen LogP contribution in [0, 0.1) is 30.3 Å². The number of hydrogen-bond acceptors (Lipinski definition) is 9. The van der Waals surface area contributed by atoms with Crippen LogP contribution >= 0.6 is 0 Å². The van der Waals surface area contributed by atoms with Gasteiger partial charge in [0.25, 0.3) is 5.69 Å². The van der Waals surface area contributed by atoms with Crippen molar-refractivity contribution in [2.45, 2.75) is 6.54 Å². The van der Waals surface area contributed by atoms with Crippen LogP contribution in [0.15, 0.2) is 66.7 Å². The van der Waals surface area contributed by atoms with E-state index in [1.807, 2.05) is 0 Å². The van der Waals surface area contributed by atoms with Crippen LogP contribution in [0.5, 0.6) is 5.75 Å². The summed E-state index contributed by atoms with van der Waals surface area (Å²) in [6, 6.07) is 17.0. The van der Waals surface area contributed by atoms with Gasteiger partial charge < -0.3 is 4.74 Å². The lowest BCUT2D eigenvalue weighted by atomic mass is 10.2. The second kappa shape index (κ2) is 9.38. The lowest BCUT2D eigenvalue weighted by molar-refractivity contribution is -0.401. The average molecular weight is 439 g/mol. The van der Waals surface area contributed by atoms with Gasteiger partial charge >= 0.3 is 11.4 Å². The zero-order chi connectivity index (χ0) is 23.3. The van der Waals surface area contributed by atoms with Gasteiger partial charge in [-0.15, -0.1) is 0 Å². The number of ether oxygens (including phenoxy) is 1. The SMILES string of the molecule is COc1ccc(CN(Nc2c([N+](=O)[O-])cc([N+](=O)[O-])cc2[N+](=O)[O-])c2ccccc2)cc1. The summed E-state index contributed by atoms with van der Waals surface area (Å²) in [6.45, 7) is 0.166. The summed E-state index contributed by atoms with van der Waals surface area (Å²) in [7, 11) is 1.53. The number of nitrogens with one attached hydrogen (secondary N) is 1. The van der Waals surface area contributed by atoms with Gasteiger partial charge in [0.1, 0.15) is 5.75 Å². The lowest BCUT2D eigenvalue weighted by Crippen LogP contribution is -2.30. The molecular weight excluding hydrogens is 422 g/mol. The van der Waals surface area contributed by atoms with Crippen molar-refractivity contribution in [1.29, 1.82) is 0 Å². The Morgan fingerprint density at radius 3 is 1.88 bits per heavy atom. The summed E-state index contributed by atoms with van der Waals surface area (Å²) < 4.78 is 5.13. The number of para-hydroxylation sites is 1. The van der Waals surface area contributed by atoms with E-state index < -0.39 is 37.5 Å². The van der Waals surface area contributed by atoms with E-state index in [1.54, 1.807) is 54.6 Å². The monoisotopic (exact) mass is 439 g/mol. The van der Waals surface area contributed by atoms with Crippen LogP contribution in [0.4, 0.5) is 28.4 Å². The number of non-ortho nitro benzene ring substituents is 1. The maximum atomic E-state index is 11.6. The Hall–Kier alpha value is -4.74. The molecule has 0 bridgehead atoms. The normalized spacial score (nSPS) is 10.3. The number of benzene rings is 3. The second-order valence-electron chi connectivity index (χ2n) is 6.51. The molecule has 0 aromatic heterocycles. The molecule has 0 unspecified atom stereocenters. The van der Waals surface area contributed by atoms with E-state index >= 15 is 0 Å². The molecule has 12 heteroatoms. The van der Waals surface area contributed by atoms with Crippen LogP contribution in [0.25, 0.3) is 0 Å². The Bertz CT molecular complexity index is 1120. The maximum Gasteiger partial charge on any atom is 0.308 e. The highest BCUT2D eigenvalue weighted by molar-refractivity contribution is 5.78. The molecule has 0 saturated heterocycles. The molecule has 0 aliphatic carbocycles. The first kappa shape index (κ1) is 22.0. The third kappa shape index (κ3) is 4.87. The van der Waals surface area contributed by atoms with Gasteiger partial charge in [-0.3, -0.25) is 40.8 Å². The van der Waals surface area contributed by atoms with Crippen molar-refractivity contribution >= 4 is 28.4 Å². The molecule has 3 aromatic rings. The molecule has 0 fully saturated rings. The van der Waals surface area contributed by atoms with Crippen LogP contribution in [0.2, 0.25) is 0 Å². The third-order valence-electron chi connectivity index (χ3n) is 4.50. The minimum absolute atomic E-state index is 0.166. The van der Waals surface area contributed by atoms with Crippen LogP contribution in [0.3, 0.4) is 0 Å². The first-order chi connectivity index (χ1) is 15.3. The van der Waals surface area contributed by atoms with Crippen LogP contribution in [-0.4, -0.2) is 21.9 Å². The Balaban J connectivity index is 2.09. The molecule has 1 N–H and O–H groups in total. The molecule has 3 rings (SSSR count). The van der Waals surface area contributed by atoms with Crippen LogP contribution < -0.4 is 15.2 Å². The highest BCUT2D eigenvalue weighted by Crippen LogP contribution is 2.39. The van der Waals surface area contributed by atoms with Gasteiger partial charge in [0.2, 0.25) is 5.69 Å². The fourth-order valence-electron chi connectivity index (χ4n) is 2.96. The average Bonchev–Trinajstić information content (AvgIpc) is 2.79. The maximum absolute atomic E-state index is 11.6. The summed E-state index contributed by atoms with van der Waals surface area (Å²) in [5.41, 5.74) is 1.26. The van der Waals surface area contributed by atoms with Gasteiger partial charge in [0, 0.05) is 0 Å². The van der Waals surface area contributed by atoms with E-state index in [-0.39, 0.29) is 6.54 Å². The van der Waals surface area contributed by atoms with E-state index in [0.717, 1.165) is 5.56 Å². The number of nitrogens with zero attached hydrogens (tertiary/aromatic N) is 4. The Labute approximate surface area is 181 Å². The van der Waals surface area contributed by atoms with Gasteiger partial charge in [0.05, 0.1) is 46.2 Å². The summed E-state index contributed by atoms with van der Waals surface area (Å²) in [5.74, 6) is 0.634. The smallest absolute Gasteiger partial charge is 0.308 e. The molecule has 0 heterocycles. The van der Waals surface area contributed by atoms with Gasteiger partial charge in [-0.2, -0.15) is 0 Å². The van der Waals surface area contributed by atoms with Crippen molar-refractivity contribution < 1.29 is 19.5 Å². The Kier molecular flexibility index (Phi) is 6.44. The summed E-state index contributed by atoms with van der Waals surface area (Å²) >= 11 is 0. The fourth-order valence-corrected chi connectivity index (χ4v) is 2.96. The predicted molar refractivity (Wildman–Crippen MR) is 116 cm³/mol. The van der Waals surface area contributed by atoms with Crippen molar-refractivity contribution in [2.75, 3.05) is 17.5 Å². The highest BCUT2D eigenvalue weighted by atomic mass is 16.6. The van der Waals surface area contributed by atoms with Crippen LogP contribution in [0.1, 0.15) is 5.56 Å². The van der Waals surface area contributed by atoms with E-state index in [0.29, 0.717) is 23.6 Å². The molecular formula is C20H17N5O7. The van der Waals surface area contributed by atoms with E-state index in [1.165, 1.54) is 12.1 Å². The summed E-state index contributed by atoms with van der Waals surface area (Å²) in [5, 5.41) is 35.8. The third-order valence-corrected chi connectivity index (χ3v) is 4.50. The second-order valence-corrected chi connectivity index (χ2v) is 6.51. The summed E-state index contributed by atoms with van der Waals surface area (Å²) in [6.07, 6.45) is 0. The lowest BCUT2D eigenvalue weighted by Gasteiger charge is -2.26. The number of nitro groups is 3. The largest absolute Gasteiger partial charge is 0.497 e. The number of methoxy groups -OCH3 is 1. The zero-order valence-corrected chi connectivity index (χ0v) is 16.7. The molecule has 0 spiro atoms. The number of anilines is 2. The minimum Gasteiger partial charge on any atom is -0.497 e. The molecule has 164 valence electrons. The van der Waals surface area contributed by atoms with Crippen molar-refractivity contribution in [3.63, 3.8) is 0 Å². The fraction of sp³-hybridized carbons (Fsp3) is 0.100. The molecule has 0 amide bonds. The van der Waals surface area contributed by atoms with E-state index in [4.69, 9.17) is 4.74 Å². The summed E-state index contributed by atoms with van der Waals surface area (Å²) in [4.78, 5) is 31.6. The molecule has 0 atom stereocenters. The molecule has 12 nitrogen and oxygen atoms in total. The first-order valence-corrected chi connectivity index (χ1v) is 9.13. The number of hydrogen-bond donors (Lipinski definition) is 1. The van der Waals surface area contributed by atoms with Crippen molar-refractivity contribution in [3.8, 4) is 5.75 Å². The van der Waals surface area contributed by atoms with Crippen LogP contribution in [-0.2, 0) is 6.54 Å². The zero-order valence-electron chi connectivity index (χ0n) is 16.7. The first-order valence-electron chi connectivity index (χ1n) is 9.13. The minimum atomic E-state index is -0.921. The number of nitro benzene ring substituents is 3. The quantitative estimate of drug-likeness (QED) is 0.376. The molecule has 0 saturated carbocycles.